The fraction of sp³-hybridized carbons (Fsp3) is 0.467. The fourth-order valence-electron chi connectivity index (χ4n) is 2.90. The molecule has 0 radical (unpaired) electrons. The number of benzene rings is 1. The summed E-state index contributed by atoms with van der Waals surface area (Å²) in [6.07, 6.45) is 0.540. The number of hydrogen-bond donors (Lipinski definition) is 4. The highest BCUT2D eigenvalue weighted by Gasteiger charge is 2.36. The van der Waals surface area contributed by atoms with Crippen molar-refractivity contribution in [3.8, 4) is 11.5 Å². The van der Waals surface area contributed by atoms with Gasteiger partial charge in [0.05, 0.1) is 19.7 Å². The molecule has 10 heteroatoms. The van der Waals surface area contributed by atoms with Crippen LogP contribution in [0, 0.1) is 0 Å². The molecule has 0 saturated carbocycles. The van der Waals surface area contributed by atoms with Crippen LogP contribution in [0.2, 0.25) is 6.32 Å². The number of nitrogens with two attached hydrogens (primary N) is 1. The molecule has 0 spiro atoms. The molecule has 1 unspecified atom stereocenters. The minimum absolute atomic E-state index is 0.123. The lowest BCUT2D eigenvalue weighted by molar-refractivity contribution is -0.142. The number of carbonyl (C=O) groups excluding carboxylic acids is 1. The molecule has 1 aromatic carbocycles. The van der Waals surface area contributed by atoms with Gasteiger partial charge in [-0.1, -0.05) is 6.07 Å². The molecule has 2 heterocycles. The summed E-state index contributed by atoms with van der Waals surface area (Å²) in [5.41, 5.74) is 6.05. The molecule has 9 nitrogen and oxygen atoms in total. The van der Waals surface area contributed by atoms with E-state index >= 15 is 0 Å². The van der Waals surface area contributed by atoms with Crippen LogP contribution in [0.4, 0.5) is 0 Å². The first-order valence-electron chi connectivity index (χ1n) is 7.96. The SMILES string of the molecule is NC(CO)C(=O)N1CC(Oc2ccc3c(c2C(=O)O)OB(O)CC3)C1. The maximum atomic E-state index is 11.8. The van der Waals surface area contributed by atoms with Gasteiger partial charge in [0.1, 0.15) is 29.2 Å². The number of aliphatic hydroxyl groups excluding tert-OH is 1. The molecule has 134 valence electrons. The quantitative estimate of drug-likeness (QED) is 0.481. The number of hydrogen-bond acceptors (Lipinski definition) is 7. The molecule has 0 aliphatic carbocycles. The predicted molar refractivity (Wildman–Crippen MR) is 86.6 cm³/mol. The molecule has 1 aromatic rings. The van der Waals surface area contributed by atoms with Crippen LogP contribution in [0.5, 0.6) is 11.5 Å². The number of carbonyl (C=O) groups is 2. The molecule has 2 aliphatic heterocycles. The molecule has 1 fully saturated rings. The number of amides is 1. The molecule has 2 aliphatic rings. The Morgan fingerprint density at radius 1 is 1.44 bits per heavy atom. The molecule has 25 heavy (non-hydrogen) atoms. The van der Waals surface area contributed by atoms with Gasteiger partial charge in [-0.15, -0.1) is 0 Å². The van der Waals surface area contributed by atoms with E-state index in [4.69, 9.17) is 20.2 Å². The normalized spacial score (nSPS) is 18.0. The van der Waals surface area contributed by atoms with Crippen molar-refractivity contribution in [3.05, 3.63) is 23.3 Å². The van der Waals surface area contributed by atoms with Gasteiger partial charge in [0.25, 0.3) is 0 Å². The van der Waals surface area contributed by atoms with Crippen molar-refractivity contribution >= 4 is 19.0 Å². The summed E-state index contributed by atoms with van der Waals surface area (Å²) in [5, 5.41) is 28.0. The lowest BCUT2D eigenvalue weighted by Gasteiger charge is -2.40. The second-order valence-electron chi connectivity index (χ2n) is 6.12. The first-order chi connectivity index (χ1) is 11.9. The smallest absolute Gasteiger partial charge is 0.522 e. The van der Waals surface area contributed by atoms with Crippen molar-refractivity contribution in [1.82, 2.24) is 4.90 Å². The van der Waals surface area contributed by atoms with E-state index in [0.29, 0.717) is 18.3 Å². The zero-order valence-corrected chi connectivity index (χ0v) is 13.4. The van der Waals surface area contributed by atoms with Crippen LogP contribution in [-0.4, -0.2) is 71.0 Å². The number of aryl methyl sites for hydroxylation is 1. The van der Waals surface area contributed by atoms with Crippen molar-refractivity contribution in [2.45, 2.75) is 24.9 Å². The van der Waals surface area contributed by atoms with Gasteiger partial charge in [0.15, 0.2) is 0 Å². The lowest BCUT2D eigenvalue weighted by Crippen LogP contribution is -2.60. The Hall–Kier alpha value is -2.30. The van der Waals surface area contributed by atoms with E-state index in [1.165, 1.54) is 4.90 Å². The second kappa shape index (κ2) is 6.91. The maximum absolute atomic E-state index is 11.8. The van der Waals surface area contributed by atoms with E-state index in [1.54, 1.807) is 12.1 Å². The number of ether oxygens (including phenoxy) is 1. The number of fused-ring (bicyclic) bond motifs is 1. The Balaban J connectivity index is 1.73. The third kappa shape index (κ3) is 3.41. The largest absolute Gasteiger partial charge is 0.535 e. The topological polar surface area (TPSA) is 143 Å². The first-order valence-corrected chi connectivity index (χ1v) is 7.96. The summed E-state index contributed by atoms with van der Waals surface area (Å²) < 4.78 is 11.0. The van der Waals surface area contributed by atoms with Crippen LogP contribution < -0.4 is 15.1 Å². The van der Waals surface area contributed by atoms with Gasteiger partial charge in [-0.25, -0.2) is 4.79 Å². The van der Waals surface area contributed by atoms with Crippen LogP contribution in [0.3, 0.4) is 0 Å². The molecule has 1 saturated heterocycles. The Morgan fingerprint density at radius 2 is 2.16 bits per heavy atom. The Bertz CT molecular complexity index is 693. The standard InChI is InChI=1S/C15H19BN2O7/c17-10(7-19)14(20)18-5-9(6-18)24-11-2-1-8-3-4-16(23)25-13(8)12(11)15(21)22/h1-2,9-10,19,23H,3-7,17H2,(H,21,22). The number of carboxylic acids is 1. The first kappa shape index (κ1) is 17.5. The van der Waals surface area contributed by atoms with Gasteiger partial charge in [-0.3, -0.25) is 4.79 Å². The zero-order valence-electron chi connectivity index (χ0n) is 13.4. The summed E-state index contributed by atoms with van der Waals surface area (Å²) in [6, 6.07) is 2.31. The van der Waals surface area contributed by atoms with Crippen LogP contribution in [-0.2, 0) is 11.2 Å². The van der Waals surface area contributed by atoms with E-state index in [-0.39, 0.29) is 42.2 Å². The van der Waals surface area contributed by atoms with E-state index < -0.39 is 25.7 Å². The third-order valence-corrected chi connectivity index (χ3v) is 4.30. The number of carboxylic acid groups (broad SMARTS) is 1. The summed E-state index contributed by atoms with van der Waals surface area (Å²) in [4.78, 5) is 24.9. The van der Waals surface area contributed by atoms with Gasteiger partial charge < -0.3 is 35.3 Å². The molecule has 5 N–H and O–H groups in total. The molecule has 1 amide bonds. The number of aliphatic hydroxyl groups is 1. The van der Waals surface area contributed by atoms with E-state index in [0.717, 1.165) is 0 Å². The van der Waals surface area contributed by atoms with Crippen molar-refractivity contribution in [1.29, 1.82) is 0 Å². The van der Waals surface area contributed by atoms with Crippen molar-refractivity contribution < 1.29 is 34.2 Å². The van der Waals surface area contributed by atoms with Gasteiger partial charge in [-0.05, 0) is 24.4 Å². The van der Waals surface area contributed by atoms with Gasteiger partial charge in [0.2, 0.25) is 5.91 Å². The average Bonchev–Trinajstić information content (AvgIpc) is 2.55. The predicted octanol–water partition coefficient (Wildman–Crippen LogP) is -1.29. The van der Waals surface area contributed by atoms with Gasteiger partial charge >= 0.3 is 13.1 Å². The minimum Gasteiger partial charge on any atom is -0.535 e. The second-order valence-corrected chi connectivity index (χ2v) is 6.12. The molecular formula is C15H19BN2O7. The summed E-state index contributed by atoms with van der Waals surface area (Å²) >= 11 is 0. The molecule has 3 rings (SSSR count). The summed E-state index contributed by atoms with van der Waals surface area (Å²) in [7, 11) is -1.04. The molecule has 1 atom stereocenters. The third-order valence-electron chi connectivity index (χ3n) is 4.30. The van der Waals surface area contributed by atoms with Crippen LogP contribution in [0.15, 0.2) is 12.1 Å². The van der Waals surface area contributed by atoms with E-state index in [2.05, 4.69) is 0 Å². The molecular weight excluding hydrogens is 331 g/mol. The number of aromatic carboxylic acids is 1. The van der Waals surface area contributed by atoms with Crippen LogP contribution in [0.25, 0.3) is 0 Å². The highest BCUT2D eigenvalue weighted by Crippen LogP contribution is 2.37. The Kier molecular flexibility index (Phi) is 4.84. The van der Waals surface area contributed by atoms with Crippen molar-refractivity contribution in [2.24, 2.45) is 5.73 Å². The van der Waals surface area contributed by atoms with Gasteiger partial charge in [0, 0.05) is 0 Å². The highest BCUT2D eigenvalue weighted by atomic mass is 16.5. The van der Waals surface area contributed by atoms with E-state index in [1.807, 2.05) is 0 Å². The number of rotatable bonds is 5. The molecule has 0 bridgehead atoms. The highest BCUT2D eigenvalue weighted by molar-refractivity contribution is 6.44. The van der Waals surface area contributed by atoms with Crippen LogP contribution >= 0.6 is 0 Å². The molecule has 0 aromatic heterocycles. The zero-order chi connectivity index (χ0) is 18.1. The minimum atomic E-state index is -1.21. The number of nitrogens with zero attached hydrogens (tertiary/aromatic N) is 1. The Morgan fingerprint density at radius 3 is 2.80 bits per heavy atom. The lowest BCUT2D eigenvalue weighted by atomic mass is 9.78. The van der Waals surface area contributed by atoms with Crippen molar-refractivity contribution in [3.63, 3.8) is 0 Å². The Labute approximate surface area is 144 Å². The fourth-order valence-corrected chi connectivity index (χ4v) is 2.90. The van der Waals surface area contributed by atoms with Gasteiger partial charge in [-0.2, -0.15) is 0 Å². The van der Waals surface area contributed by atoms with E-state index in [9.17, 15) is 19.7 Å². The average molecular weight is 350 g/mol. The number of likely N-dealkylation sites (tertiary alicyclic amines) is 1. The monoisotopic (exact) mass is 350 g/mol. The summed E-state index contributed by atoms with van der Waals surface area (Å²) in [6.45, 7) is 0.0762. The summed E-state index contributed by atoms with van der Waals surface area (Å²) in [5.74, 6) is -1.34. The van der Waals surface area contributed by atoms with Crippen LogP contribution in [0.1, 0.15) is 15.9 Å². The van der Waals surface area contributed by atoms with Crippen molar-refractivity contribution in [2.75, 3.05) is 19.7 Å². The maximum Gasteiger partial charge on any atom is 0.522 e.